The first-order chi connectivity index (χ1) is 13.6. The Morgan fingerprint density at radius 1 is 0.966 bits per heavy atom. The van der Waals surface area contributed by atoms with Crippen LogP contribution < -0.4 is 4.43 Å². The van der Waals surface area contributed by atoms with E-state index in [1.807, 2.05) is 13.0 Å². The molecule has 3 aromatic rings. The van der Waals surface area contributed by atoms with Crippen molar-refractivity contribution >= 4 is 53.1 Å². The highest BCUT2D eigenvalue weighted by molar-refractivity contribution is 7.17. The molecular weight excluding hydrogens is 439 g/mol. The van der Waals surface area contributed by atoms with Gasteiger partial charge in [-0.15, -0.1) is 11.3 Å². The van der Waals surface area contributed by atoms with E-state index in [9.17, 15) is 0 Å². The van der Waals surface area contributed by atoms with Crippen LogP contribution in [-0.4, -0.2) is 18.3 Å². The summed E-state index contributed by atoms with van der Waals surface area (Å²) < 4.78 is 6.84. The molecule has 29 heavy (non-hydrogen) atoms. The van der Waals surface area contributed by atoms with Crippen molar-refractivity contribution < 1.29 is 4.43 Å². The first kappa shape index (κ1) is 22.5. The minimum Gasteiger partial charge on any atom is -0.542 e. The van der Waals surface area contributed by atoms with E-state index in [4.69, 9.17) is 27.6 Å². The normalized spacial score (nSPS) is 12.6. The second-order valence-corrected chi connectivity index (χ2v) is 15.4. The third-order valence-electron chi connectivity index (χ3n) is 5.94. The Balaban J connectivity index is 2.08. The maximum Gasteiger partial charge on any atom is 0.258 e. The molecule has 1 aromatic carbocycles. The van der Waals surface area contributed by atoms with Gasteiger partial charge in [0.2, 0.25) is 5.28 Å². The van der Waals surface area contributed by atoms with Gasteiger partial charge in [-0.1, -0.05) is 59.2 Å². The zero-order chi connectivity index (χ0) is 21.5. The lowest BCUT2D eigenvalue weighted by molar-refractivity contribution is 0.480. The molecule has 0 radical (unpaired) electrons. The van der Waals surface area contributed by atoms with E-state index >= 15 is 0 Å². The summed E-state index contributed by atoms with van der Waals surface area (Å²) in [6.07, 6.45) is 1.78. The van der Waals surface area contributed by atoms with Gasteiger partial charge in [0.05, 0.1) is 5.02 Å². The van der Waals surface area contributed by atoms with Crippen LogP contribution in [0.1, 0.15) is 47.1 Å². The summed E-state index contributed by atoms with van der Waals surface area (Å²) in [5.74, 6) is 0.800. The van der Waals surface area contributed by atoms with Gasteiger partial charge in [0.1, 0.15) is 10.6 Å². The minimum atomic E-state index is -2.07. The number of halogens is 2. The summed E-state index contributed by atoms with van der Waals surface area (Å²) in [6.45, 7) is 15.7. The second kappa shape index (κ2) is 8.54. The van der Waals surface area contributed by atoms with Crippen LogP contribution in [0.4, 0.5) is 0 Å². The van der Waals surface area contributed by atoms with Gasteiger partial charge in [0.25, 0.3) is 8.32 Å². The second-order valence-electron chi connectivity index (χ2n) is 8.48. The Labute approximate surface area is 188 Å². The van der Waals surface area contributed by atoms with Crippen LogP contribution >= 0.6 is 34.5 Å². The van der Waals surface area contributed by atoms with Crippen LogP contribution in [0.25, 0.3) is 21.3 Å². The molecule has 0 fully saturated rings. The van der Waals surface area contributed by atoms with Crippen LogP contribution in [0.2, 0.25) is 26.9 Å². The predicted octanol–water partition coefficient (Wildman–Crippen LogP) is 8.53. The molecule has 0 saturated heterocycles. The van der Waals surface area contributed by atoms with Crippen molar-refractivity contribution in [2.24, 2.45) is 0 Å². The molecule has 0 aliphatic carbocycles. The Kier molecular flexibility index (Phi) is 6.64. The fourth-order valence-electron chi connectivity index (χ4n) is 4.58. The molecule has 2 aromatic heterocycles. The van der Waals surface area contributed by atoms with Crippen LogP contribution in [0.15, 0.2) is 23.7 Å². The minimum absolute atomic E-state index is 0.266. The third-order valence-corrected chi connectivity index (χ3v) is 13.5. The number of thiophene rings is 1. The van der Waals surface area contributed by atoms with Crippen LogP contribution in [0.3, 0.4) is 0 Å². The van der Waals surface area contributed by atoms with E-state index in [0.29, 0.717) is 21.6 Å². The number of hydrogen-bond donors (Lipinski definition) is 0. The average molecular weight is 468 g/mol. The third kappa shape index (κ3) is 3.94. The van der Waals surface area contributed by atoms with Crippen LogP contribution in [0.5, 0.6) is 5.75 Å². The Bertz CT molecular complexity index is 1010. The molecule has 3 nitrogen and oxygen atoms in total. The van der Waals surface area contributed by atoms with Crippen molar-refractivity contribution in [3.8, 4) is 16.9 Å². The van der Waals surface area contributed by atoms with E-state index in [1.54, 1.807) is 17.5 Å². The van der Waals surface area contributed by atoms with Gasteiger partial charge in [0.15, 0.2) is 0 Å². The zero-order valence-corrected chi connectivity index (χ0v) is 21.3. The molecule has 0 unspecified atom stereocenters. The number of benzene rings is 1. The standard InChI is InChI=1S/C22H28Cl2N2OSSi/c1-12(2)29(13(3)4,14(5)6)27-19-9-8-16(15(7)20(19)23)18-11-28-21-17(18)10-25-22(24)26-21/h8-14H,1-7H3. The fraction of sp³-hybridized carbons (Fsp3) is 0.455. The molecule has 0 aliphatic heterocycles. The molecule has 0 bridgehead atoms. The smallest absolute Gasteiger partial charge is 0.258 e. The maximum atomic E-state index is 6.86. The molecular formula is C22H28Cl2N2OSSi. The van der Waals surface area contributed by atoms with Crippen molar-refractivity contribution in [1.82, 2.24) is 9.97 Å². The summed E-state index contributed by atoms with van der Waals surface area (Å²) in [5, 5.41) is 4.03. The summed E-state index contributed by atoms with van der Waals surface area (Å²) in [4.78, 5) is 9.35. The van der Waals surface area contributed by atoms with Gasteiger partial charge >= 0.3 is 0 Å². The van der Waals surface area contributed by atoms with Gasteiger partial charge in [-0.05, 0) is 52.3 Å². The Hall–Kier alpha value is -1.14. The highest BCUT2D eigenvalue weighted by atomic mass is 35.5. The Morgan fingerprint density at radius 3 is 2.17 bits per heavy atom. The molecule has 2 heterocycles. The molecule has 0 spiro atoms. The van der Waals surface area contributed by atoms with Crippen molar-refractivity contribution in [3.05, 3.63) is 39.6 Å². The van der Waals surface area contributed by atoms with Gasteiger partial charge in [-0.2, -0.15) is 0 Å². The predicted molar refractivity (Wildman–Crippen MR) is 129 cm³/mol. The van der Waals surface area contributed by atoms with Gasteiger partial charge in [0, 0.05) is 22.5 Å². The number of aromatic nitrogens is 2. The number of nitrogens with zero attached hydrogens (tertiary/aromatic N) is 2. The number of rotatable bonds is 6. The molecule has 0 amide bonds. The molecule has 156 valence electrons. The van der Waals surface area contributed by atoms with E-state index < -0.39 is 8.32 Å². The van der Waals surface area contributed by atoms with E-state index in [2.05, 4.69) is 63.0 Å². The first-order valence-electron chi connectivity index (χ1n) is 9.97. The SMILES string of the molecule is Cc1c(-c2csc3nc(Cl)ncc23)ccc(O[Si](C(C)C)(C(C)C)C(C)C)c1Cl. The fourth-order valence-corrected chi connectivity index (χ4v) is 11.2. The average Bonchev–Trinajstić information content (AvgIpc) is 3.04. The monoisotopic (exact) mass is 466 g/mol. The molecule has 0 atom stereocenters. The molecule has 7 heteroatoms. The van der Waals surface area contributed by atoms with E-state index in [1.165, 1.54) is 0 Å². The largest absolute Gasteiger partial charge is 0.542 e. The zero-order valence-electron chi connectivity index (χ0n) is 18.0. The molecule has 3 rings (SSSR count). The van der Waals surface area contributed by atoms with E-state index in [0.717, 1.165) is 32.7 Å². The highest BCUT2D eigenvalue weighted by Crippen LogP contribution is 2.46. The lowest BCUT2D eigenvalue weighted by Gasteiger charge is -2.42. The first-order valence-corrected chi connectivity index (χ1v) is 13.7. The van der Waals surface area contributed by atoms with Gasteiger partial charge < -0.3 is 4.43 Å². The molecule has 0 saturated carbocycles. The number of fused-ring (bicyclic) bond motifs is 1. The van der Waals surface area contributed by atoms with E-state index in [-0.39, 0.29) is 5.28 Å². The van der Waals surface area contributed by atoms with Crippen molar-refractivity contribution in [2.75, 3.05) is 0 Å². The topological polar surface area (TPSA) is 35.0 Å². The summed E-state index contributed by atoms with van der Waals surface area (Å²) >= 11 is 14.4. The molecule has 0 aliphatic rings. The van der Waals surface area contributed by atoms with Gasteiger partial charge in [-0.3, -0.25) is 0 Å². The van der Waals surface area contributed by atoms with Crippen molar-refractivity contribution in [1.29, 1.82) is 0 Å². The summed E-state index contributed by atoms with van der Waals surface area (Å²) in [6, 6.07) is 4.13. The lowest BCUT2D eigenvalue weighted by Crippen LogP contribution is -2.50. The van der Waals surface area contributed by atoms with Crippen LogP contribution in [-0.2, 0) is 0 Å². The lowest BCUT2D eigenvalue weighted by atomic mass is 10.0. The molecule has 0 N–H and O–H groups in total. The van der Waals surface area contributed by atoms with Crippen LogP contribution in [0, 0.1) is 6.92 Å². The quantitative estimate of drug-likeness (QED) is 0.269. The highest BCUT2D eigenvalue weighted by Gasteiger charge is 2.47. The van der Waals surface area contributed by atoms with Crippen molar-refractivity contribution in [3.63, 3.8) is 0 Å². The maximum absolute atomic E-state index is 6.86. The Morgan fingerprint density at radius 2 is 1.59 bits per heavy atom. The summed E-state index contributed by atoms with van der Waals surface area (Å²) in [5.41, 5.74) is 4.62. The van der Waals surface area contributed by atoms with Crippen molar-refractivity contribution in [2.45, 2.75) is 65.1 Å². The summed E-state index contributed by atoms with van der Waals surface area (Å²) in [7, 11) is -2.07. The van der Waals surface area contributed by atoms with Gasteiger partial charge in [-0.25, -0.2) is 9.97 Å². The number of hydrogen-bond acceptors (Lipinski definition) is 4.